The minimum atomic E-state index is 0.0713. The van der Waals surface area contributed by atoms with Crippen molar-refractivity contribution in [3.8, 4) is 5.75 Å². The van der Waals surface area contributed by atoms with E-state index in [1.165, 1.54) is 16.7 Å². The summed E-state index contributed by atoms with van der Waals surface area (Å²) in [5.41, 5.74) is 4.74. The van der Waals surface area contributed by atoms with E-state index in [1.807, 2.05) is 0 Å². The van der Waals surface area contributed by atoms with Gasteiger partial charge in [0.2, 0.25) is 0 Å². The molecule has 19 heavy (non-hydrogen) atoms. The number of benzene rings is 2. The standard InChI is InChI=1S/C16H16BrNO/c1-10-7-11(2)16-14(8-10)18-9-15(19-16)12-3-5-13(17)6-4-12/h3-8,15,18H,9H2,1-2H3. The Morgan fingerprint density at radius 3 is 2.63 bits per heavy atom. The fourth-order valence-corrected chi connectivity index (χ4v) is 2.76. The summed E-state index contributed by atoms with van der Waals surface area (Å²) < 4.78 is 7.26. The van der Waals surface area contributed by atoms with Gasteiger partial charge in [-0.15, -0.1) is 0 Å². The molecule has 1 heterocycles. The first-order valence-corrected chi connectivity index (χ1v) is 7.20. The highest BCUT2D eigenvalue weighted by atomic mass is 79.9. The number of rotatable bonds is 1. The van der Waals surface area contributed by atoms with Gasteiger partial charge in [0.05, 0.1) is 12.2 Å². The number of fused-ring (bicyclic) bond motifs is 1. The van der Waals surface area contributed by atoms with Gasteiger partial charge in [0.25, 0.3) is 0 Å². The van der Waals surface area contributed by atoms with Crippen LogP contribution in [0.5, 0.6) is 5.75 Å². The molecular formula is C16H16BrNO. The number of ether oxygens (including phenoxy) is 1. The topological polar surface area (TPSA) is 21.3 Å². The molecule has 0 bridgehead atoms. The van der Waals surface area contributed by atoms with E-state index in [1.54, 1.807) is 0 Å². The van der Waals surface area contributed by atoms with E-state index in [2.05, 4.69) is 71.5 Å². The molecule has 1 unspecified atom stereocenters. The largest absolute Gasteiger partial charge is 0.481 e. The molecule has 2 nitrogen and oxygen atoms in total. The van der Waals surface area contributed by atoms with Crippen molar-refractivity contribution in [2.45, 2.75) is 20.0 Å². The molecule has 1 aliphatic heterocycles. The normalized spacial score (nSPS) is 17.3. The van der Waals surface area contributed by atoms with Crippen molar-refractivity contribution in [2.75, 3.05) is 11.9 Å². The average Bonchev–Trinajstić information content (AvgIpc) is 2.39. The molecule has 0 spiro atoms. The molecule has 3 rings (SSSR count). The molecule has 1 aliphatic rings. The lowest BCUT2D eigenvalue weighted by molar-refractivity contribution is 0.209. The Morgan fingerprint density at radius 2 is 1.89 bits per heavy atom. The summed E-state index contributed by atoms with van der Waals surface area (Å²) in [5.74, 6) is 0.977. The molecule has 1 N–H and O–H groups in total. The highest BCUT2D eigenvalue weighted by Gasteiger charge is 2.22. The summed E-state index contributed by atoms with van der Waals surface area (Å²) >= 11 is 3.46. The first kappa shape index (κ1) is 12.5. The zero-order chi connectivity index (χ0) is 13.4. The van der Waals surface area contributed by atoms with E-state index in [0.29, 0.717) is 0 Å². The lowest BCUT2D eigenvalue weighted by atomic mass is 10.0. The van der Waals surface area contributed by atoms with E-state index in [0.717, 1.165) is 22.5 Å². The summed E-state index contributed by atoms with van der Waals surface area (Å²) in [5, 5.41) is 3.47. The van der Waals surface area contributed by atoms with Crippen LogP contribution < -0.4 is 10.1 Å². The minimum Gasteiger partial charge on any atom is -0.481 e. The molecule has 98 valence electrons. The number of hydrogen-bond donors (Lipinski definition) is 1. The fraction of sp³-hybridized carbons (Fsp3) is 0.250. The maximum Gasteiger partial charge on any atom is 0.146 e. The van der Waals surface area contributed by atoms with E-state index in [-0.39, 0.29) is 6.10 Å². The van der Waals surface area contributed by atoms with Gasteiger partial charge in [-0.25, -0.2) is 0 Å². The third-order valence-electron chi connectivity index (χ3n) is 3.40. The number of halogens is 1. The van der Waals surface area contributed by atoms with Gasteiger partial charge in [-0.2, -0.15) is 0 Å². The summed E-state index contributed by atoms with van der Waals surface area (Å²) in [7, 11) is 0. The number of anilines is 1. The predicted molar refractivity (Wildman–Crippen MR) is 81.9 cm³/mol. The van der Waals surface area contributed by atoms with Gasteiger partial charge in [-0.05, 0) is 48.7 Å². The summed E-state index contributed by atoms with van der Waals surface area (Å²) in [6, 6.07) is 12.6. The van der Waals surface area contributed by atoms with Gasteiger partial charge in [0, 0.05) is 4.47 Å². The molecule has 3 heteroatoms. The molecule has 2 aromatic carbocycles. The monoisotopic (exact) mass is 317 g/mol. The van der Waals surface area contributed by atoms with Gasteiger partial charge in [-0.3, -0.25) is 0 Å². The van der Waals surface area contributed by atoms with Gasteiger partial charge < -0.3 is 10.1 Å². The highest BCUT2D eigenvalue weighted by Crippen LogP contribution is 2.37. The maximum absolute atomic E-state index is 6.17. The van der Waals surface area contributed by atoms with Crippen molar-refractivity contribution in [3.05, 3.63) is 57.6 Å². The molecule has 0 aliphatic carbocycles. The van der Waals surface area contributed by atoms with Gasteiger partial charge >= 0.3 is 0 Å². The van der Waals surface area contributed by atoms with Crippen LogP contribution in [0.25, 0.3) is 0 Å². The number of nitrogens with one attached hydrogen (secondary N) is 1. The van der Waals surface area contributed by atoms with Gasteiger partial charge in [0.1, 0.15) is 11.9 Å². The van der Waals surface area contributed by atoms with Crippen LogP contribution >= 0.6 is 15.9 Å². The SMILES string of the molecule is Cc1cc(C)c2c(c1)NCC(c1ccc(Br)cc1)O2. The van der Waals surface area contributed by atoms with Crippen LogP contribution in [0.3, 0.4) is 0 Å². The molecule has 0 fully saturated rings. The fourth-order valence-electron chi connectivity index (χ4n) is 2.49. The Bertz CT molecular complexity index is 607. The van der Waals surface area contributed by atoms with Crippen LogP contribution in [0.2, 0.25) is 0 Å². The van der Waals surface area contributed by atoms with Crippen molar-refractivity contribution in [2.24, 2.45) is 0 Å². The molecule has 2 aromatic rings. The molecule has 0 amide bonds. The molecule has 0 radical (unpaired) electrons. The number of hydrogen-bond acceptors (Lipinski definition) is 2. The molecule has 0 saturated heterocycles. The van der Waals surface area contributed by atoms with Crippen molar-refractivity contribution >= 4 is 21.6 Å². The zero-order valence-electron chi connectivity index (χ0n) is 11.0. The van der Waals surface area contributed by atoms with Crippen LogP contribution in [0.15, 0.2) is 40.9 Å². The number of aryl methyl sites for hydroxylation is 2. The second-order valence-corrected chi connectivity index (χ2v) is 5.91. The Balaban J connectivity index is 1.92. The third kappa shape index (κ3) is 2.47. The van der Waals surface area contributed by atoms with Crippen LogP contribution in [-0.2, 0) is 0 Å². The van der Waals surface area contributed by atoms with Crippen molar-refractivity contribution in [3.63, 3.8) is 0 Å². The van der Waals surface area contributed by atoms with E-state index >= 15 is 0 Å². The van der Waals surface area contributed by atoms with Crippen molar-refractivity contribution < 1.29 is 4.74 Å². The molecular weight excluding hydrogens is 302 g/mol. The average molecular weight is 318 g/mol. The lowest BCUT2D eigenvalue weighted by Crippen LogP contribution is -2.24. The van der Waals surface area contributed by atoms with Crippen LogP contribution in [-0.4, -0.2) is 6.54 Å². The second-order valence-electron chi connectivity index (χ2n) is 5.00. The lowest BCUT2D eigenvalue weighted by Gasteiger charge is -2.29. The Hall–Kier alpha value is -1.48. The summed E-state index contributed by atoms with van der Waals surface area (Å²) in [6.07, 6.45) is 0.0713. The minimum absolute atomic E-state index is 0.0713. The third-order valence-corrected chi connectivity index (χ3v) is 3.93. The van der Waals surface area contributed by atoms with Gasteiger partial charge in [-0.1, -0.05) is 34.1 Å². The molecule has 1 atom stereocenters. The quantitative estimate of drug-likeness (QED) is 0.829. The smallest absolute Gasteiger partial charge is 0.146 e. The van der Waals surface area contributed by atoms with Crippen LogP contribution in [0, 0.1) is 13.8 Å². The zero-order valence-corrected chi connectivity index (χ0v) is 12.6. The predicted octanol–water partition coefficient (Wildman–Crippen LogP) is 4.61. The maximum atomic E-state index is 6.17. The van der Waals surface area contributed by atoms with E-state index in [4.69, 9.17) is 4.74 Å². The highest BCUT2D eigenvalue weighted by molar-refractivity contribution is 9.10. The molecule has 0 saturated carbocycles. The first-order valence-electron chi connectivity index (χ1n) is 6.41. The Labute approximate surface area is 121 Å². The first-order chi connectivity index (χ1) is 9.13. The Kier molecular flexibility index (Phi) is 3.23. The summed E-state index contributed by atoms with van der Waals surface area (Å²) in [6.45, 7) is 5.00. The van der Waals surface area contributed by atoms with Gasteiger partial charge in [0.15, 0.2) is 0 Å². The van der Waals surface area contributed by atoms with E-state index < -0.39 is 0 Å². The van der Waals surface area contributed by atoms with Crippen LogP contribution in [0.4, 0.5) is 5.69 Å². The molecule has 0 aromatic heterocycles. The second kappa shape index (κ2) is 4.89. The van der Waals surface area contributed by atoms with Crippen LogP contribution in [0.1, 0.15) is 22.8 Å². The summed E-state index contributed by atoms with van der Waals surface area (Å²) in [4.78, 5) is 0. The Morgan fingerprint density at radius 1 is 1.16 bits per heavy atom. The van der Waals surface area contributed by atoms with E-state index in [9.17, 15) is 0 Å². The van der Waals surface area contributed by atoms with Crippen molar-refractivity contribution in [1.29, 1.82) is 0 Å². The van der Waals surface area contributed by atoms with Crippen molar-refractivity contribution in [1.82, 2.24) is 0 Å².